The molecule has 0 unspecified atom stereocenters. The second-order valence-electron chi connectivity index (χ2n) is 15.5. The van der Waals surface area contributed by atoms with E-state index in [1.165, 1.54) is 15.0 Å². The zero-order chi connectivity index (χ0) is 38.3. The summed E-state index contributed by atoms with van der Waals surface area (Å²) in [6.07, 6.45) is 2.55. The summed E-state index contributed by atoms with van der Waals surface area (Å²) >= 11 is 0. The van der Waals surface area contributed by atoms with E-state index < -0.39 is 65.0 Å². The fourth-order valence-electron chi connectivity index (χ4n) is 6.97. The average molecular weight is 725 g/mol. The van der Waals surface area contributed by atoms with Crippen molar-refractivity contribution in [3.05, 3.63) is 35.4 Å². The molecule has 0 radical (unpaired) electrons. The van der Waals surface area contributed by atoms with Crippen LogP contribution in [0.15, 0.2) is 24.3 Å². The molecule has 4 fully saturated rings. The van der Waals surface area contributed by atoms with Gasteiger partial charge in [-0.1, -0.05) is 12.1 Å². The molecule has 52 heavy (non-hydrogen) atoms. The Morgan fingerprint density at radius 1 is 0.654 bits per heavy atom. The summed E-state index contributed by atoms with van der Waals surface area (Å²) in [4.78, 5) is 103. The van der Waals surface area contributed by atoms with Crippen LogP contribution in [0, 0.1) is 0 Å². The van der Waals surface area contributed by atoms with E-state index in [4.69, 9.17) is 15.2 Å². The van der Waals surface area contributed by atoms with Crippen molar-refractivity contribution in [2.45, 2.75) is 128 Å². The van der Waals surface area contributed by atoms with Gasteiger partial charge in [-0.15, -0.1) is 0 Å². The number of esters is 2. The molecule has 16 nitrogen and oxygen atoms in total. The van der Waals surface area contributed by atoms with Crippen LogP contribution in [-0.2, 0) is 38.2 Å². The monoisotopic (exact) mass is 724 g/mol. The first-order valence-corrected chi connectivity index (χ1v) is 17.8. The van der Waals surface area contributed by atoms with Gasteiger partial charge in [-0.25, -0.2) is 19.6 Å². The molecule has 6 rings (SSSR count). The highest BCUT2D eigenvalue weighted by Crippen LogP contribution is 2.32. The fourth-order valence-corrected chi connectivity index (χ4v) is 6.97. The highest BCUT2D eigenvalue weighted by atomic mass is 16.6. The van der Waals surface area contributed by atoms with Crippen LogP contribution < -0.4 is 5.73 Å². The van der Waals surface area contributed by atoms with E-state index in [2.05, 4.69) is 0 Å². The standard InChI is InChI=1S/C22H25N3O6.C14H23N3O4/c1-22(2,3)31-21(30)16-9-6-12-23-17(26)11-10-15(20(29)25(16)23)24-18(27)13-7-4-5-8-14(13)19(24)28;1-14(2,3)21-13(20)10-5-4-8-16-11(18)7-6-9(15)12(19)17(10)16/h4-5,7-8,15-16H,6,9-12H2,1-3H3;9-10H,4-8,15H2,1-3H3/t15-,16-;9-,10-/m00/s1. The summed E-state index contributed by atoms with van der Waals surface area (Å²) in [7, 11) is 0. The molecule has 1 aromatic carbocycles. The molecule has 0 aromatic heterocycles. The highest BCUT2D eigenvalue weighted by molar-refractivity contribution is 6.23. The number of rotatable bonds is 3. The molecule has 16 heteroatoms. The Labute approximate surface area is 302 Å². The van der Waals surface area contributed by atoms with E-state index in [-0.39, 0.29) is 48.1 Å². The zero-order valence-electron chi connectivity index (χ0n) is 30.6. The smallest absolute Gasteiger partial charge is 0.331 e. The number of nitrogens with zero attached hydrogens (tertiary/aromatic N) is 5. The highest BCUT2D eigenvalue weighted by Gasteiger charge is 2.51. The number of nitrogens with two attached hydrogens (primary N) is 1. The van der Waals surface area contributed by atoms with Crippen molar-refractivity contribution in [2.24, 2.45) is 5.73 Å². The maximum Gasteiger partial charge on any atom is 0.331 e. The number of hydrogen-bond donors (Lipinski definition) is 1. The minimum Gasteiger partial charge on any atom is -0.458 e. The lowest BCUT2D eigenvalue weighted by atomic mass is 10.1. The molecule has 0 aliphatic carbocycles. The van der Waals surface area contributed by atoms with Crippen LogP contribution in [0.2, 0.25) is 0 Å². The van der Waals surface area contributed by atoms with Crippen LogP contribution in [0.5, 0.6) is 0 Å². The van der Waals surface area contributed by atoms with Gasteiger partial charge in [-0.05, 0) is 92.2 Å². The van der Waals surface area contributed by atoms with Crippen molar-refractivity contribution in [1.82, 2.24) is 24.9 Å². The fraction of sp³-hybridized carbons (Fsp3) is 0.611. The van der Waals surface area contributed by atoms with Gasteiger partial charge >= 0.3 is 11.9 Å². The summed E-state index contributed by atoms with van der Waals surface area (Å²) < 4.78 is 10.9. The molecule has 5 aliphatic heterocycles. The molecule has 6 amide bonds. The third kappa shape index (κ3) is 7.81. The van der Waals surface area contributed by atoms with Crippen molar-refractivity contribution in [3.8, 4) is 0 Å². The summed E-state index contributed by atoms with van der Waals surface area (Å²) in [5, 5.41) is 5.00. The van der Waals surface area contributed by atoms with Crippen LogP contribution in [0.1, 0.15) is 114 Å². The average Bonchev–Trinajstić information content (AvgIpc) is 3.17. The van der Waals surface area contributed by atoms with Gasteiger partial charge < -0.3 is 15.2 Å². The Bertz CT molecular complexity index is 1630. The molecule has 2 N–H and O–H groups in total. The molecule has 282 valence electrons. The van der Waals surface area contributed by atoms with Crippen molar-refractivity contribution in [2.75, 3.05) is 13.1 Å². The first-order valence-electron chi connectivity index (χ1n) is 17.8. The Kier molecular flexibility index (Phi) is 10.8. The van der Waals surface area contributed by atoms with Gasteiger partial charge in [-0.3, -0.25) is 43.7 Å². The molecular weight excluding hydrogens is 676 g/mol. The number of carbonyl (C=O) groups excluding carboxylic acids is 8. The van der Waals surface area contributed by atoms with Gasteiger partial charge in [0, 0.05) is 25.9 Å². The lowest BCUT2D eigenvalue weighted by Gasteiger charge is -2.43. The molecule has 1 aromatic rings. The van der Waals surface area contributed by atoms with Gasteiger partial charge in [0.15, 0.2) is 12.1 Å². The maximum atomic E-state index is 13.6. The summed E-state index contributed by atoms with van der Waals surface area (Å²) in [6.45, 7) is 11.2. The largest absolute Gasteiger partial charge is 0.458 e. The third-order valence-corrected chi connectivity index (χ3v) is 9.23. The van der Waals surface area contributed by atoms with Crippen LogP contribution in [-0.4, -0.2) is 121 Å². The normalized spacial score (nSPS) is 25.4. The lowest BCUT2D eigenvalue weighted by Crippen LogP contribution is -2.63. The number of carbonyl (C=O) groups is 8. The molecule has 0 spiro atoms. The van der Waals surface area contributed by atoms with Gasteiger partial charge in [0.25, 0.3) is 23.6 Å². The topological polar surface area (TPSA) is 197 Å². The number of hydrogen-bond acceptors (Lipinski definition) is 11. The van der Waals surface area contributed by atoms with E-state index >= 15 is 0 Å². The number of amides is 6. The van der Waals surface area contributed by atoms with Crippen molar-refractivity contribution >= 4 is 47.4 Å². The molecule has 0 saturated carbocycles. The van der Waals surface area contributed by atoms with Crippen molar-refractivity contribution < 1.29 is 47.8 Å². The van der Waals surface area contributed by atoms with Crippen LogP contribution >= 0.6 is 0 Å². The summed E-state index contributed by atoms with van der Waals surface area (Å²) in [6, 6.07) is 2.72. The van der Waals surface area contributed by atoms with Crippen LogP contribution in [0.3, 0.4) is 0 Å². The minimum atomic E-state index is -1.16. The Hall–Kier alpha value is -4.86. The lowest BCUT2D eigenvalue weighted by molar-refractivity contribution is -0.188. The maximum absolute atomic E-state index is 13.6. The number of benzene rings is 1. The van der Waals surface area contributed by atoms with Gasteiger partial charge in [-0.2, -0.15) is 0 Å². The molecule has 0 bridgehead atoms. The van der Waals surface area contributed by atoms with Crippen LogP contribution in [0.4, 0.5) is 0 Å². The number of imide groups is 1. The van der Waals surface area contributed by atoms with Gasteiger partial charge in [0.2, 0.25) is 11.8 Å². The predicted molar refractivity (Wildman–Crippen MR) is 182 cm³/mol. The van der Waals surface area contributed by atoms with Crippen molar-refractivity contribution in [1.29, 1.82) is 0 Å². The second kappa shape index (κ2) is 14.6. The second-order valence-corrected chi connectivity index (χ2v) is 15.5. The van der Waals surface area contributed by atoms with Gasteiger partial charge in [0.1, 0.15) is 17.2 Å². The zero-order valence-corrected chi connectivity index (χ0v) is 30.6. The van der Waals surface area contributed by atoms with E-state index in [0.29, 0.717) is 45.2 Å². The quantitative estimate of drug-likeness (QED) is 0.352. The number of fused-ring (bicyclic) bond motifs is 3. The summed E-state index contributed by atoms with van der Waals surface area (Å²) in [5.74, 6) is -3.70. The van der Waals surface area contributed by atoms with Crippen LogP contribution in [0.25, 0.3) is 0 Å². The van der Waals surface area contributed by atoms with E-state index in [9.17, 15) is 38.4 Å². The third-order valence-electron chi connectivity index (χ3n) is 9.23. The first-order chi connectivity index (χ1) is 24.3. The van der Waals surface area contributed by atoms with Crippen molar-refractivity contribution in [3.63, 3.8) is 0 Å². The summed E-state index contributed by atoms with van der Waals surface area (Å²) in [5.41, 5.74) is 4.88. The molecule has 4 atom stereocenters. The molecule has 4 saturated heterocycles. The van der Waals surface area contributed by atoms with Gasteiger partial charge in [0.05, 0.1) is 17.2 Å². The van der Waals surface area contributed by atoms with E-state index in [1.807, 2.05) is 0 Å². The van der Waals surface area contributed by atoms with E-state index in [0.717, 1.165) is 9.91 Å². The SMILES string of the molecule is CC(C)(C)OC(=O)[C@@H]1CCCN2C(=O)CC[C@H](N)C(=O)N12.CC(C)(C)OC(=O)[C@@H]1CCCN2C(=O)CC[C@H](N3C(=O)c4ccccc4C3=O)C(=O)N12. The minimum absolute atomic E-state index is 0.0111. The Morgan fingerprint density at radius 2 is 1.08 bits per heavy atom. The molecule has 5 aliphatic rings. The first kappa shape index (κ1) is 38.4. The Balaban J connectivity index is 0.000000217. The number of ether oxygens (including phenoxy) is 2. The molecular formula is C36H48N6O10. The number of hydrazine groups is 2. The predicted octanol–water partition coefficient (Wildman–Crippen LogP) is 1.71. The molecule has 5 heterocycles. The Morgan fingerprint density at radius 3 is 1.52 bits per heavy atom. The van der Waals surface area contributed by atoms with E-state index in [1.54, 1.807) is 65.8 Å².